The fraction of sp³-hybridized carbons (Fsp3) is 0.368. The van der Waals surface area contributed by atoms with Gasteiger partial charge in [-0.3, -0.25) is 19.3 Å². The molecule has 9 heteroatoms. The Balaban J connectivity index is 1.74. The number of hydrogen-bond donors (Lipinski definition) is 3. The van der Waals surface area contributed by atoms with Crippen molar-refractivity contribution in [3.63, 3.8) is 0 Å². The zero-order valence-corrected chi connectivity index (χ0v) is 16.9. The lowest BCUT2D eigenvalue weighted by Crippen LogP contribution is -2.29. The number of aromatic hydroxyl groups is 1. The van der Waals surface area contributed by atoms with Crippen LogP contribution in [-0.2, 0) is 14.4 Å². The van der Waals surface area contributed by atoms with Crippen molar-refractivity contribution in [3.8, 4) is 5.75 Å². The number of benzene rings is 1. The van der Waals surface area contributed by atoms with E-state index in [1.165, 1.54) is 11.8 Å². The number of phenols is 1. The van der Waals surface area contributed by atoms with Crippen LogP contribution in [0, 0.1) is 0 Å². The minimum Gasteiger partial charge on any atom is -0.507 e. The molecule has 0 bridgehead atoms. The number of hydrogen-bond acceptors (Lipinski definition) is 6. The first-order valence-electron chi connectivity index (χ1n) is 8.90. The van der Waals surface area contributed by atoms with Crippen molar-refractivity contribution in [2.75, 3.05) is 13.1 Å². The van der Waals surface area contributed by atoms with Gasteiger partial charge in [0.15, 0.2) is 0 Å². The Morgan fingerprint density at radius 3 is 2.64 bits per heavy atom. The van der Waals surface area contributed by atoms with Gasteiger partial charge < -0.3 is 15.5 Å². The first kappa shape index (κ1) is 21.9. The van der Waals surface area contributed by atoms with Crippen LogP contribution in [0.5, 0.6) is 5.75 Å². The second-order valence-corrected chi connectivity index (χ2v) is 7.87. The van der Waals surface area contributed by atoms with Crippen LogP contribution in [-0.4, -0.2) is 50.3 Å². The van der Waals surface area contributed by atoms with Gasteiger partial charge in [-0.1, -0.05) is 48.6 Å². The third-order valence-electron chi connectivity index (χ3n) is 4.04. The number of carboxylic acid groups (broad SMARTS) is 1. The Kier molecular flexibility index (Phi) is 8.46. The normalized spacial score (nSPS) is 15.3. The third-order valence-corrected chi connectivity index (χ3v) is 5.42. The Morgan fingerprint density at radius 2 is 1.93 bits per heavy atom. The molecule has 0 atom stereocenters. The molecule has 0 aromatic heterocycles. The minimum atomic E-state index is -0.944. The van der Waals surface area contributed by atoms with E-state index in [1.54, 1.807) is 35.2 Å². The maximum absolute atomic E-state index is 12.5. The molecule has 3 N–H and O–H groups in total. The fourth-order valence-electron chi connectivity index (χ4n) is 2.57. The quantitative estimate of drug-likeness (QED) is 0.302. The highest BCUT2D eigenvalue weighted by molar-refractivity contribution is 8.26. The molecule has 0 aliphatic carbocycles. The number of carbonyl (C=O) groups is 3. The molecule has 1 aromatic rings. The smallest absolute Gasteiger partial charge is 0.305 e. The van der Waals surface area contributed by atoms with E-state index in [0.717, 1.165) is 6.42 Å². The van der Waals surface area contributed by atoms with E-state index in [0.29, 0.717) is 40.6 Å². The molecule has 1 aliphatic rings. The van der Waals surface area contributed by atoms with Crippen molar-refractivity contribution in [2.24, 2.45) is 0 Å². The van der Waals surface area contributed by atoms with Crippen LogP contribution in [0.3, 0.4) is 0 Å². The molecule has 7 nitrogen and oxygen atoms in total. The molecule has 28 heavy (non-hydrogen) atoms. The molecule has 1 fully saturated rings. The highest BCUT2D eigenvalue weighted by atomic mass is 32.2. The predicted molar refractivity (Wildman–Crippen MR) is 112 cm³/mol. The summed E-state index contributed by atoms with van der Waals surface area (Å²) < 4.78 is 0.484. The Morgan fingerprint density at radius 1 is 1.18 bits per heavy atom. The summed E-state index contributed by atoms with van der Waals surface area (Å²) in [5.74, 6) is -1.18. The summed E-state index contributed by atoms with van der Waals surface area (Å²) in [5, 5.41) is 20.9. The summed E-state index contributed by atoms with van der Waals surface area (Å²) in [4.78, 5) is 36.5. The van der Waals surface area contributed by atoms with Crippen LogP contribution in [0.25, 0.3) is 6.08 Å². The number of amides is 2. The summed E-state index contributed by atoms with van der Waals surface area (Å²) >= 11 is 6.50. The highest BCUT2D eigenvalue weighted by Gasteiger charge is 2.31. The van der Waals surface area contributed by atoms with Gasteiger partial charge in [0.2, 0.25) is 5.91 Å². The molecular weight excluding hydrogens is 400 g/mol. The SMILES string of the molecule is O=C(O)CCNC(=O)CCCCCN1C(=O)/C(=C/c2ccccc2O)SC1=S. The van der Waals surface area contributed by atoms with Crippen LogP contribution in [0.15, 0.2) is 29.2 Å². The second-order valence-electron chi connectivity index (χ2n) is 6.20. The first-order chi connectivity index (χ1) is 13.4. The van der Waals surface area contributed by atoms with Gasteiger partial charge in [0, 0.05) is 25.1 Å². The Hall–Kier alpha value is -2.39. The van der Waals surface area contributed by atoms with E-state index in [1.807, 2.05) is 0 Å². The molecular formula is C19H22N2O5S2. The average molecular weight is 423 g/mol. The molecule has 1 saturated heterocycles. The topological polar surface area (TPSA) is 107 Å². The van der Waals surface area contributed by atoms with E-state index in [-0.39, 0.29) is 30.5 Å². The monoisotopic (exact) mass is 422 g/mol. The van der Waals surface area contributed by atoms with Gasteiger partial charge in [-0.15, -0.1) is 0 Å². The molecule has 1 heterocycles. The third kappa shape index (κ3) is 6.65. The molecule has 0 spiro atoms. The summed E-state index contributed by atoms with van der Waals surface area (Å²) in [7, 11) is 0. The summed E-state index contributed by atoms with van der Waals surface area (Å²) in [6.45, 7) is 0.609. The van der Waals surface area contributed by atoms with Gasteiger partial charge in [-0.05, 0) is 25.0 Å². The van der Waals surface area contributed by atoms with Gasteiger partial charge in [-0.25, -0.2) is 0 Å². The van der Waals surface area contributed by atoms with Crippen molar-refractivity contribution in [2.45, 2.75) is 32.1 Å². The zero-order chi connectivity index (χ0) is 20.5. The van der Waals surface area contributed by atoms with Gasteiger partial charge in [-0.2, -0.15) is 0 Å². The molecule has 0 unspecified atom stereocenters. The van der Waals surface area contributed by atoms with Gasteiger partial charge in [0.25, 0.3) is 5.91 Å². The number of carbonyl (C=O) groups excluding carboxylic acids is 2. The summed E-state index contributed by atoms with van der Waals surface area (Å²) in [6.07, 6.45) is 3.98. The molecule has 150 valence electrons. The predicted octanol–water partition coefficient (Wildman–Crippen LogP) is 2.74. The maximum atomic E-state index is 12.5. The number of carboxylic acids is 1. The number of thioether (sulfide) groups is 1. The first-order valence-corrected chi connectivity index (χ1v) is 10.1. The van der Waals surface area contributed by atoms with Crippen LogP contribution < -0.4 is 5.32 Å². The largest absolute Gasteiger partial charge is 0.507 e. The van der Waals surface area contributed by atoms with Crippen molar-refractivity contribution in [3.05, 3.63) is 34.7 Å². The van der Waals surface area contributed by atoms with Crippen LogP contribution in [0.2, 0.25) is 0 Å². The lowest BCUT2D eigenvalue weighted by atomic mass is 10.1. The number of aliphatic carboxylic acids is 1. The van der Waals surface area contributed by atoms with Gasteiger partial charge in [0.1, 0.15) is 10.1 Å². The van der Waals surface area contributed by atoms with E-state index in [4.69, 9.17) is 17.3 Å². The zero-order valence-electron chi connectivity index (χ0n) is 15.2. The standard InChI is InChI=1S/C19H22N2O5S2/c22-14-7-4-3-6-13(14)12-15-18(26)21(19(27)28-15)11-5-1-2-8-16(23)20-10-9-17(24)25/h3-4,6-7,12,22H,1-2,5,8-11H2,(H,20,23)(H,24,25)/b15-12-. The van der Waals surface area contributed by atoms with Gasteiger partial charge >= 0.3 is 5.97 Å². The summed E-state index contributed by atoms with van der Waals surface area (Å²) in [5.41, 5.74) is 0.567. The maximum Gasteiger partial charge on any atom is 0.305 e. The van der Waals surface area contributed by atoms with Crippen LogP contribution in [0.1, 0.15) is 37.7 Å². The number of nitrogens with one attached hydrogen (secondary N) is 1. The lowest BCUT2D eigenvalue weighted by Gasteiger charge is -2.14. The van der Waals surface area contributed by atoms with Crippen molar-refractivity contribution in [1.29, 1.82) is 0 Å². The Labute approximate surface area is 172 Å². The number of unbranched alkanes of at least 4 members (excludes halogenated alkanes) is 2. The van der Waals surface area contributed by atoms with Crippen molar-refractivity contribution in [1.82, 2.24) is 10.2 Å². The van der Waals surface area contributed by atoms with E-state index in [2.05, 4.69) is 5.32 Å². The summed E-state index contributed by atoms with van der Waals surface area (Å²) in [6, 6.07) is 6.78. The fourth-order valence-corrected chi connectivity index (χ4v) is 3.87. The number of para-hydroxylation sites is 1. The average Bonchev–Trinajstić information content (AvgIpc) is 2.90. The lowest BCUT2D eigenvalue weighted by molar-refractivity contribution is -0.137. The van der Waals surface area contributed by atoms with Crippen LogP contribution in [0.4, 0.5) is 0 Å². The Bertz CT molecular complexity index is 794. The van der Waals surface area contributed by atoms with Crippen molar-refractivity contribution < 1.29 is 24.6 Å². The highest BCUT2D eigenvalue weighted by Crippen LogP contribution is 2.34. The second kappa shape index (κ2) is 10.8. The molecule has 1 aromatic carbocycles. The van der Waals surface area contributed by atoms with Gasteiger partial charge in [0.05, 0.1) is 11.3 Å². The molecule has 0 radical (unpaired) electrons. The number of nitrogens with zero attached hydrogens (tertiary/aromatic N) is 1. The number of rotatable bonds is 10. The minimum absolute atomic E-state index is 0.0888. The van der Waals surface area contributed by atoms with E-state index in [9.17, 15) is 19.5 Å². The van der Waals surface area contributed by atoms with E-state index < -0.39 is 5.97 Å². The van der Waals surface area contributed by atoms with Crippen LogP contribution >= 0.6 is 24.0 Å². The number of thiocarbonyl (C=S) groups is 1. The van der Waals surface area contributed by atoms with E-state index >= 15 is 0 Å². The van der Waals surface area contributed by atoms with Crippen molar-refractivity contribution >= 4 is 52.2 Å². The molecule has 0 saturated carbocycles. The molecule has 2 rings (SSSR count). The number of phenolic OH excluding ortho intramolecular Hbond substituents is 1. The molecule has 2 amide bonds. The molecule has 1 aliphatic heterocycles.